The van der Waals surface area contributed by atoms with Crippen molar-refractivity contribution in [3.8, 4) is 0 Å². The van der Waals surface area contributed by atoms with E-state index in [9.17, 15) is 0 Å². The summed E-state index contributed by atoms with van der Waals surface area (Å²) < 4.78 is 5.42. The fourth-order valence-electron chi connectivity index (χ4n) is 2.91. The van der Waals surface area contributed by atoms with Crippen LogP contribution >= 0.6 is 0 Å². The van der Waals surface area contributed by atoms with Gasteiger partial charge in [-0.3, -0.25) is 4.90 Å². The van der Waals surface area contributed by atoms with E-state index in [4.69, 9.17) is 15.7 Å². The summed E-state index contributed by atoms with van der Waals surface area (Å²) in [4.78, 5) is 2.31. The number of oxime groups is 1. The highest BCUT2D eigenvalue weighted by molar-refractivity contribution is 5.80. The van der Waals surface area contributed by atoms with Crippen molar-refractivity contribution in [3.05, 3.63) is 35.9 Å². The quantitative estimate of drug-likeness (QED) is 0.365. The first kappa shape index (κ1) is 15.8. The van der Waals surface area contributed by atoms with Gasteiger partial charge in [0.15, 0.2) is 0 Å². The summed E-state index contributed by atoms with van der Waals surface area (Å²) in [7, 11) is 2.11. The molecule has 1 atom stereocenters. The largest absolute Gasteiger partial charge is 0.409 e. The third-order valence-electron chi connectivity index (χ3n) is 4.13. The molecule has 0 radical (unpaired) electrons. The maximum Gasteiger partial charge on any atom is 0.141 e. The molecule has 3 N–H and O–H groups in total. The second-order valence-corrected chi connectivity index (χ2v) is 5.72. The molecule has 0 spiro atoms. The lowest BCUT2D eigenvalue weighted by Crippen LogP contribution is -2.34. The lowest BCUT2D eigenvalue weighted by Gasteiger charge is -2.33. The number of rotatable bonds is 6. The number of benzene rings is 1. The first-order valence-electron chi connectivity index (χ1n) is 7.50. The molecule has 1 aromatic rings. The fourth-order valence-corrected chi connectivity index (χ4v) is 2.91. The summed E-state index contributed by atoms with van der Waals surface area (Å²) in [5.74, 6) is 0.921. The van der Waals surface area contributed by atoms with Gasteiger partial charge in [-0.2, -0.15) is 0 Å². The predicted octanol–water partition coefficient (Wildman–Crippen LogP) is 2.22. The molecular formula is C16H25N3O2. The van der Waals surface area contributed by atoms with Crippen molar-refractivity contribution in [3.63, 3.8) is 0 Å². The Hall–Kier alpha value is -1.59. The molecule has 0 aromatic heterocycles. The van der Waals surface area contributed by atoms with Crippen LogP contribution in [0, 0.1) is 5.92 Å². The van der Waals surface area contributed by atoms with Gasteiger partial charge in [0.2, 0.25) is 0 Å². The van der Waals surface area contributed by atoms with Crippen LogP contribution in [-0.4, -0.2) is 42.7 Å². The van der Waals surface area contributed by atoms with Gasteiger partial charge in [-0.15, -0.1) is 0 Å². The zero-order valence-corrected chi connectivity index (χ0v) is 12.6. The molecule has 1 heterocycles. The lowest BCUT2D eigenvalue weighted by molar-refractivity contribution is 0.0505. The van der Waals surface area contributed by atoms with Crippen molar-refractivity contribution < 1.29 is 9.94 Å². The molecule has 116 valence electrons. The molecule has 21 heavy (non-hydrogen) atoms. The Balaban J connectivity index is 2.06. The number of hydrogen-bond acceptors (Lipinski definition) is 4. The number of hydrogen-bond donors (Lipinski definition) is 2. The van der Waals surface area contributed by atoms with E-state index in [-0.39, 0.29) is 11.9 Å². The number of amidine groups is 1. The van der Waals surface area contributed by atoms with E-state index in [0.29, 0.717) is 12.3 Å². The molecule has 5 heteroatoms. The van der Waals surface area contributed by atoms with Crippen LogP contribution in [0.2, 0.25) is 0 Å². The van der Waals surface area contributed by atoms with Gasteiger partial charge in [0.1, 0.15) is 5.84 Å². The highest BCUT2D eigenvalue weighted by Gasteiger charge is 2.23. The van der Waals surface area contributed by atoms with Crippen LogP contribution in [0.5, 0.6) is 0 Å². The Morgan fingerprint density at radius 1 is 1.38 bits per heavy atom. The smallest absolute Gasteiger partial charge is 0.141 e. The summed E-state index contributed by atoms with van der Waals surface area (Å²) in [6.07, 6.45) is 2.74. The van der Waals surface area contributed by atoms with Crippen LogP contribution in [-0.2, 0) is 4.74 Å². The Labute approximate surface area is 126 Å². The molecule has 1 aromatic carbocycles. The van der Waals surface area contributed by atoms with Gasteiger partial charge in [-0.1, -0.05) is 35.5 Å². The second kappa shape index (κ2) is 8.00. The second-order valence-electron chi connectivity index (χ2n) is 5.72. The van der Waals surface area contributed by atoms with E-state index < -0.39 is 0 Å². The van der Waals surface area contributed by atoms with Crippen molar-refractivity contribution in [2.75, 3.05) is 26.8 Å². The van der Waals surface area contributed by atoms with Gasteiger partial charge in [0.25, 0.3) is 0 Å². The maximum atomic E-state index is 8.86. The minimum atomic E-state index is 0.130. The fraction of sp³-hybridized carbons (Fsp3) is 0.562. The van der Waals surface area contributed by atoms with E-state index in [2.05, 4.69) is 29.2 Å². The molecule has 0 aliphatic carbocycles. The van der Waals surface area contributed by atoms with E-state index in [1.165, 1.54) is 5.56 Å². The predicted molar refractivity (Wildman–Crippen MR) is 83.4 cm³/mol. The zero-order chi connectivity index (χ0) is 15.1. The number of nitrogens with two attached hydrogens (primary N) is 1. The first-order valence-corrected chi connectivity index (χ1v) is 7.50. The highest BCUT2D eigenvalue weighted by Crippen LogP contribution is 2.26. The third-order valence-corrected chi connectivity index (χ3v) is 4.13. The van der Waals surface area contributed by atoms with Gasteiger partial charge < -0.3 is 15.7 Å². The standard InChI is InChI=1S/C16H25N3O2/c1-19(12-13-7-9-21-10-8-13)15(11-16(17)18-20)14-5-3-2-4-6-14/h2-6,13,15,20H,7-12H2,1H3,(H2,17,18). The molecule has 1 unspecified atom stereocenters. The highest BCUT2D eigenvalue weighted by atomic mass is 16.5. The molecule has 0 bridgehead atoms. The topological polar surface area (TPSA) is 71.1 Å². The van der Waals surface area contributed by atoms with Crippen LogP contribution < -0.4 is 5.73 Å². The molecule has 0 amide bonds. The summed E-state index contributed by atoms with van der Waals surface area (Å²) in [5.41, 5.74) is 6.93. The van der Waals surface area contributed by atoms with Crippen molar-refractivity contribution in [1.82, 2.24) is 4.90 Å². The van der Waals surface area contributed by atoms with Crippen molar-refractivity contribution in [1.29, 1.82) is 0 Å². The Bertz CT molecular complexity index is 444. The number of ether oxygens (including phenoxy) is 1. The van der Waals surface area contributed by atoms with E-state index in [0.717, 1.165) is 32.6 Å². The third kappa shape index (κ3) is 4.72. The summed E-state index contributed by atoms with van der Waals surface area (Å²) in [5, 5.41) is 12.0. The van der Waals surface area contributed by atoms with Crippen LogP contribution in [0.4, 0.5) is 0 Å². The van der Waals surface area contributed by atoms with Crippen LogP contribution in [0.3, 0.4) is 0 Å². The summed E-state index contributed by atoms with van der Waals surface area (Å²) in [6.45, 7) is 2.71. The van der Waals surface area contributed by atoms with E-state index in [1.54, 1.807) is 0 Å². The molecule has 5 nitrogen and oxygen atoms in total. The monoisotopic (exact) mass is 291 g/mol. The molecular weight excluding hydrogens is 266 g/mol. The minimum Gasteiger partial charge on any atom is -0.409 e. The Kier molecular flexibility index (Phi) is 6.02. The summed E-state index contributed by atoms with van der Waals surface area (Å²) >= 11 is 0. The number of nitrogens with zero attached hydrogens (tertiary/aromatic N) is 2. The molecule has 1 saturated heterocycles. The maximum absolute atomic E-state index is 8.86. The molecule has 1 aliphatic heterocycles. The van der Waals surface area contributed by atoms with Gasteiger partial charge >= 0.3 is 0 Å². The Morgan fingerprint density at radius 2 is 2.05 bits per heavy atom. The zero-order valence-electron chi connectivity index (χ0n) is 12.6. The van der Waals surface area contributed by atoms with E-state index in [1.807, 2.05) is 18.2 Å². The first-order chi connectivity index (χ1) is 10.2. The van der Waals surface area contributed by atoms with Crippen molar-refractivity contribution >= 4 is 5.84 Å². The molecule has 1 aliphatic rings. The minimum absolute atomic E-state index is 0.130. The van der Waals surface area contributed by atoms with E-state index >= 15 is 0 Å². The normalized spacial score (nSPS) is 18.9. The molecule has 0 saturated carbocycles. The van der Waals surface area contributed by atoms with Crippen molar-refractivity contribution in [2.24, 2.45) is 16.8 Å². The van der Waals surface area contributed by atoms with Crippen molar-refractivity contribution in [2.45, 2.75) is 25.3 Å². The molecule has 2 rings (SSSR count). The summed E-state index contributed by atoms with van der Waals surface area (Å²) in [6, 6.07) is 10.4. The molecule has 1 fully saturated rings. The average molecular weight is 291 g/mol. The van der Waals surface area contributed by atoms with Gasteiger partial charge in [-0.05, 0) is 31.4 Å². The van der Waals surface area contributed by atoms with Gasteiger partial charge in [0.05, 0.1) is 0 Å². The lowest BCUT2D eigenvalue weighted by atomic mass is 9.96. The van der Waals surface area contributed by atoms with Gasteiger partial charge in [-0.25, -0.2) is 0 Å². The SMILES string of the molecule is CN(CC1CCOCC1)C(CC(N)=NO)c1ccccc1. The van der Waals surface area contributed by atoms with Crippen LogP contribution in [0.15, 0.2) is 35.5 Å². The van der Waals surface area contributed by atoms with Crippen LogP contribution in [0.1, 0.15) is 30.9 Å². The van der Waals surface area contributed by atoms with Crippen LogP contribution in [0.25, 0.3) is 0 Å². The van der Waals surface area contributed by atoms with Gasteiger partial charge in [0, 0.05) is 32.2 Å². The average Bonchev–Trinajstić information content (AvgIpc) is 2.54. The Morgan fingerprint density at radius 3 is 2.67 bits per heavy atom.